The van der Waals surface area contributed by atoms with E-state index in [-0.39, 0.29) is 34.6 Å². The van der Waals surface area contributed by atoms with Gasteiger partial charge in [-0.05, 0) is 22.2 Å². The van der Waals surface area contributed by atoms with Crippen LogP contribution in [0.15, 0.2) is 168 Å². The largest absolute Gasteiger partial charge is 0.366 e. The number of benzene rings is 8. The molecule has 0 N–H and O–H groups in total. The van der Waals surface area contributed by atoms with Gasteiger partial charge in [0.05, 0.1) is 0 Å². The van der Waals surface area contributed by atoms with Crippen molar-refractivity contribution in [2.45, 2.75) is 0 Å². The van der Waals surface area contributed by atoms with Crippen molar-refractivity contribution in [3.63, 3.8) is 0 Å². The molecule has 0 aliphatic heterocycles. The van der Waals surface area contributed by atoms with E-state index in [1.54, 1.807) is 7.11 Å². The second-order valence-electron chi connectivity index (χ2n) is 13.1. The molecular weight excluding hydrogens is 920 g/mol. The molecule has 55 heavy (non-hydrogen) atoms. The molecule has 4 nitrogen and oxygen atoms in total. The number of nitrogens with zero attached hydrogens (tertiary/aromatic N) is 2. The first-order valence-corrected chi connectivity index (χ1v) is 19.5. The van der Waals surface area contributed by atoms with Gasteiger partial charge in [-0.2, -0.15) is 0 Å². The monoisotopic (exact) mass is 951 g/mol. The summed E-state index contributed by atoms with van der Waals surface area (Å²) in [5, 5.41) is 15.4. The minimum Gasteiger partial charge on any atom is -0.366 e. The van der Waals surface area contributed by atoms with Crippen molar-refractivity contribution in [2.75, 3.05) is 7.11 Å². The summed E-state index contributed by atoms with van der Waals surface area (Å²) in [6, 6.07) is 61.4. The maximum absolute atomic E-state index is 5.50. The van der Waals surface area contributed by atoms with Gasteiger partial charge in [0.15, 0.2) is 5.58 Å². The Hall–Kier alpha value is -5.87. The van der Waals surface area contributed by atoms with E-state index < -0.39 is 0 Å². The summed E-state index contributed by atoms with van der Waals surface area (Å²) in [5.41, 5.74) is 7.24. The summed E-state index contributed by atoms with van der Waals surface area (Å²) in [6.07, 6.45) is 1.85. The van der Waals surface area contributed by atoms with Crippen molar-refractivity contribution in [3.8, 4) is 39.4 Å². The second-order valence-corrected chi connectivity index (χ2v) is 15.3. The Morgan fingerprint density at radius 1 is 0.582 bits per heavy atom. The molecule has 1 radical (unpaired) electrons. The van der Waals surface area contributed by atoms with E-state index >= 15 is 0 Å². The summed E-state index contributed by atoms with van der Waals surface area (Å²) in [7, 11) is 1.70. The van der Waals surface area contributed by atoms with Gasteiger partial charge in [-0.3, -0.25) is 0 Å². The van der Waals surface area contributed by atoms with Gasteiger partial charge in [-0.1, -0.05) is 82.9 Å². The van der Waals surface area contributed by atoms with Gasteiger partial charge >= 0.3 is 164 Å². The molecule has 0 bridgehead atoms. The van der Waals surface area contributed by atoms with Crippen LogP contribution in [0.3, 0.4) is 0 Å². The Labute approximate surface area is 337 Å². The van der Waals surface area contributed by atoms with Gasteiger partial charge in [0.1, 0.15) is 0 Å². The van der Waals surface area contributed by atoms with Gasteiger partial charge < -0.3 is 4.52 Å². The van der Waals surface area contributed by atoms with E-state index in [4.69, 9.17) is 9.26 Å². The first-order chi connectivity index (χ1) is 26.7. The molecule has 0 fully saturated rings. The molecule has 6 heteroatoms. The van der Waals surface area contributed by atoms with Crippen LogP contribution in [0.2, 0.25) is 0 Å². The Balaban J connectivity index is 0.000000142. The van der Waals surface area contributed by atoms with Gasteiger partial charge in [0, 0.05) is 31.2 Å². The summed E-state index contributed by atoms with van der Waals surface area (Å²) in [6.45, 7) is 0. The van der Waals surface area contributed by atoms with Crippen LogP contribution in [0, 0.1) is 12.1 Å². The minimum atomic E-state index is 0. The van der Waals surface area contributed by atoms with Crippen molar-refractivity contribution in [1.29, 1.82) is 0 Å². The normalized spacial score (nSPS) is 11.2. The SMILES string of the molecule is COc1ccc(-c2cccc3c2[se]c2c(-c4ccccn4)[c-]ccc23)cc1.[Ir].[c-]1cc2c3ccccc3c3ccccc3c2cc1-c1noc2ccccc12. The van der Waals surface area contributed by atoms with E-state index in [0.717, 1.165) is 39.2 Å². The number of hydrogen-bond acceptors (Lipinski definition) is 4. The van der Waals surface area contributed by atoms with E-state index in [2.05, 4.69) is 125 Å². The molecule has 11 rings (SSSR count). The van der Waals surface area contributed by atoms with Crippen molar-refractivity contribution in [2.24, 2.45) is 0 Å². The second kappa shape index (κ2) is 14.8. The molecule has 0 atom stereocenters. The summed E-state index contributed by atoms with van der Waals surface area (Å²) >= 11 is 0.214. The predicted octanol–water partition coefficient (Wildman–Crippen LogP) is 12.3. The van der Waals surface area contributed by atoms with Gasteiger partial charge in [-0.15, -0.1) is 28.9 Å². The Kier molecular flexibility index (Phi) is 9.35. The molecule has 0 saturated carbocycles. The smallest absolute Gasteiger partial charge is 0.157 e. The number of para-hydroxylation sites is 1. The van der Waals surface area contributed by atoms with Crippen LogP contribution < -0.4 is 4.74 Å². The summed E-state index contributed by atoms with van der Waals surface area (Å²) in [5.74, 6) is 0.882. The molecule has 0 unspecified atom stereocenters. The zero-order valence-corrected chi connectivity index (χ0v) is 33.6. The fourth-order valence-corrected chi connectivity index (χ4v) is 10.3. The van der Waals surface area contributed by atoms with Crippen molar-refractivity contribution >= 4 is 77.1 Å². The van der Waals surface area contributed by atoms with Crippen molar-refractivity contribution < 1.29 is 29.4 Å². The average Bonchev–Trinajstić information content (AvgIpc) is 3.86. The van der Waals surface area contributed by atoms with Crippen LogP contribution in [0.4, 0.5) is 0 Å². The van der Waals surface area contributed by atoms with E-state index in [1.165, 1.54) is 62.7 Å². The number of aromatic nitrogens is 2. The zero-order chi connectivity index (χ0) is 36.0. The summed E-state index contributed by atoms with van der Waals surface area (Å²) in [4.78, 5) is 4.55. The fourth-order valence-electron chi connectivity index (χ4n) is 7.52. The number of pyridine rings is 1. The van der Waals surface area contributed by atoms with Crippen LogP contribution in [0.1, 0.15) is 0 Å². The number of hydrogen-bond donors (Lipinski definition) is 0. The zero-order valence-electron chi connectivity index (χ0n) is 29.5. The first kappa shape index (κ1) is 34.9. The third-order valence-corrected chi connectivity index (χ3v) is 12.8. The predicted molar refractivity (Wildman–Crippen MR) is 223 cm³/mol. The quantitative estimate of drug-likeness (QED) is 0.100. The van der Waals surface area contributed by atoms with Crippen LogP contribution in [-0.4, -0.2) is 31.8 Å². The Morgan fingerprint density at radius 2 is 1.24 bits per heavy atom. The molecule has 11 aromatic rings. The van der Waals surface area contributed by atoms with Gasteiger partial charge in [0.25, 0.3) is 0 Å². The average molecular weight is 950 g/mol. The summed E-state index contributed by atoms with van der Waals surface area (Å²) < 4.78 is 13.6. The molecule has 265 valence electrons. The van der Waals surface area contributed by atoms with Crippen LogP contribution in [-0.2, 0) is 20.1 Å². The van der Waals surface area contributed by atoms with E-state index in [9.17, 15) is 0 Å². The van der Waals surface area contributed by atoms with E-state index in [0.29, 0.717) is 0 Å². The molecular formula is C49H30IrN2O2Se-2. The van der Waals surface area contributed by atoms with Crippen LogP contribution >= 0.6 is 0 Å². The van der Waals surface area contributed by atoms with E-state index in [1.807, 2.05) is 60.8 Å². The standard InChI is InChI=1S/C25H14NO.C24H16NOSe.Ir/c1-2-9-19-17(7-1)18-8-3-4-10-20(18)23-15-16(13-14-21(19)23)25-22-11-5-6-12-24(22)27-26-25;1-26-17-13-11-16(12-14-17)18-6-4-7-19-20-8-5-9-21(24(20)27-23(18)19)22-10-2-3-15-25-22;/h1-12,14-15H;2-8,10-15H,1H3;/q2*-1;. The van der Waals surface area contributed by atoms with Crippen molar-refractivity contribution in [1.82, 2.24) is 10.1 Å². The molecule has 3 aromatic heterocycles. The first-order valence-electron chi connectivity index (χ1n) is 17.8. The minimum absolute atomic E-state index is 0. The molecule has 0 aliphatic rings. The maximum atomic E-state index is 5.50. The van der Waals surface area contributed by atoms with Crippen molar-refractivity contribution in [3.05, 3.63) is 176 Å². The maximum Gasteiger partial charge on any atom is 0.157 e. The third-order valence-electron chi connectivity index (χ3n) is 10.1. The Morgan fingerprint density at radius 3 is 1.96 bits per heavy atom. The van der Waals surface area contributed by atoms with Crippen LogP contribution in [0.5, 0.6) is 5.75 Å². The molecule has 0 amide bonds. The van der Waals surface area contributed by atoms with Crippen LogP contribution in [0.25, 0.3) is 96.2 Å². The topological polar surface area (TPSA) is 48.2 Å². The number of ether oxygens (including phenoxy) is 1. The third kappa shape index (κ3) is 6.14. The Bertz CT molecular complexity index is 3120. The number of fused-ring (bicyclic) bond motifs is 10. The fraction of sp³-hybridized carbons (Fsp3) is 0.0204. The number of methoxy groups -OCH3 is 1. The molecule has 0 saturated heterocycles. The number of rotatable bonds is 4. The van der Waals surface area contributed by atoms with Gasteiger partial charge in [-0.25, -0.2) is 0 Å². The molecule has 3 heterocycles. The van der Waals surface area contributed by atoms with Gasteiger partial charge in [0.2, 0.25) is 0 Å². The molecule has 0 aliphatic carbocycles. The molecule has 8 aromatic carbocycles. The molecule has 0 spiro atoms.